The van der Waals surface area contributed by atoms with Crippen molar-refractivity contribution in [1.82, 2.24) is 0 Å². The van der Waals surface area contributed by atoms with Crippen molar-refractivity contribution in [2.75, 3.05) is 0 Å². The first-order valence-corrected chi connectivity index (χ1v) is 2.64. The molecule has 0 aliphatic rings. The molecule has 0 saturated carbocycles. The number of hydrogen-bond donors (Lipinski definition) is 0. The maximum absolute atomic E-state index is 6.25. The van der Waals surface area contributed by atoms with Gasteiger partial charge in [0, 0.05) is 0 Å². The second kappa shape index (κ2) is 86.5. The van der Waals surface area contributed by atoms with Crippen LogP contribution in [-0.2, 0) is 22.4 Å². The van der Waals surface area contributed by atoms with Crippen LogP contribution in [0.1, 0.15) is 26.7 Å². The zero-order valence-corrected chi connectivity index (χ0v) is 8.24. The molecule has 9 heavy (non-hydrogen) atoms. The van der Waals surface area contributed by atoms with Gasteiger partial charge in [0.1, 0.15) is 0 Å². The molecule has 0 saturated heterocycles. The summed E-state index contributed by atoms with van der Waals surface area (Å²) in [6, 6.07) is 0. The third-order valence-electron chi connectivity index (χ3n) is 0. The SMILES string of the molecule is [Au+3].[C-]#N.[CH2-]CC.[CH2-]CC. The maximum atomic E-state index is 6.25. The Balaban J connectivity index is -0.0000000202. The van der Waals surface area contributed by atoms with Crippen LogP contribution in [0.25, 0.3) is 0 Å². The van der Waals surface area contributed by atoms with Crippen molar-refractivity contribution >= 4 is 0 Å². The van der Waals surface area contributed by atoms with Gasteiger partial charge in [0.15, 0.2) is 0 Å². The van der Waals surface area contributed by atoms with E-state index in [-0.39, 0.29) is 22.4 Å². The summed E-state index contributed by atoms with van der Waals surface area (Å²) < 4.78 is 0. The van der Waals surface area contributed by atoms with Gasteiger partial charge in [0.25, 0.3) is 0 Å². The zero-order chi connectivity index (χ0) is 7.41. The molecule has 0 bridgehead atoms. The fourth-order valence-electron chi connectivity index (χ4n) is 0. The average Bonchev–Trinajstić information content (AvgIpc) is 1.75. The Morgan fingerprint density at radius 3 is 1.11 bits per heavy atom. The summed E-state index contributed by atoms with van der Waals surface area (Å²) in [4.78, 5) is 0. The maximum Gasteiger partial charge on any atom is 3.00 e. The second-order valence-electron chi connectivity index (χ2n) is 1.000. The molecule has 2 heteroatoms. The van der Waals surface area contributed by atoms with E-state index in [1.54, 1.807) is 0 Å². The van der Waals surface area contributed by atoms with Crippen LogP contribution in [-0.4, -0.2) is 0 Å². The largest absolute Gasteiger partial charge is 3.00 e. The van der Waals surface area contributed by atoms with E-state index in [0.717, 1.165) is 12.8 Å². The first kappa shape index (κ1) is 22.9. The van der Waals surface area contributed by atoms with E-state index in [9.17, 15) is 0 Å². The molecule has 0 atom stereocenters. The molecule has 0 aromatic rings. The van der Waals surface area contributed by atoms with E-state index in [0.29, 0.717) is 0 Å². The van der Waals surface area contributed by atoms with Gasteiger partial charge in [-0.25, -0.2) is 0 Å². The van der Waals surface area contributed by atoms with Gasteiger partial charge in [-0.2, -0.15) is 12.8 Å². The number of rotatable bonds is 0. The quantitative estimate of drug-likeness (QED) is 0.498. The van der Waals surface area contributed by atoms with Crippen LogP contribution in [0.5, 0.6) is 0 Å². The Bertz CT molecular complexity index is 25.3. The van der Waals surface area contributed by atoms with Crippen molar-refractivity contribution in [2.24, 2.45) is 0 Å². The summed E-state index contributed by atoms with van der Waals surface area (Å²) >= 11 is 0. The van der Waals surface area contributed by atoms with Crippen LogP contribution in [0.15, 0.2) is 0 Å². The molecule has 0 rings (SSSR count). The van der Waals surface area contributed by atoms with Crippen LogP contribution in [0.3, 0.4) is 0 Å². The third kappa shape index (κ3) is 6030. The molecular weight excluding hydrogens is 295 g/mol. The zero-order valence-electron chi connectivity index (χ0n) is 6.08. The molecular formula is C7H14AuN. The minimum atomic E-state index is 0. The first-order chi connectivity index (χ1) is 3.83. The van der Waals surface area contributed by atoms with Gasteiger partial charge in [0.2, 0.25) is 0 Å². The predicted octanol–water partition coefficient (Wildman–Crippen LogP) is 2.55. The van der Waals surface area contributed by atoms with E-state index in [4.69, 9.17) is 11.8 Å². The molecule has 0 heterocycles. The minimum absolute atomic E-state index is 0. The van der Waals surface area contributed by atoms with Gasteiger partial charge in [0.05, 0.1) is 0 Å². The molecule has 0 spiro atoms. The Labute approximate surface area is 75.0 Å². The molecule has 0 aromatic heterocycles. The van der Waals surface area contributed by atoms with Crippen molar-refractivity contribution in [3.8, 4) is 0 Å². The Kier molecular flexibility index (Phi) is 220. The van der Waals surface area contributed by atoms with Gasteiger partial charge in [-0.05, 0) is 0 Å². The Morgan fingerprint density at radius 2 is 1.11 bits per heavy atom. The van der Waals surface area contributed by atoms with Gasteiger partial charge in [-0.1, -0.05) is 13.8 Å². The topological polar surface area (TPSA) is 23.8 Å². The van der Waals surface area contributed by atoms with Gasteiger partial charge >= 0.3 is 22.4 Å². The molecule has 0 amide bonds. The molecule has 0 aromatic carbocycles. The monoisotopic (exact) mass is 309 g/mol. The molecule has 0 N–H and O–H groups in total. The van der Waals surface area contributed by atoms with Crippen molar-refractivity contribution in [3.63, 3.8) is 0 Å². The third-order valence-corrected chi connectivity index (χ3v) is 0. The van der Waals surface area contributed by atoms with Gasteiger partial charge < -0.3 is 25.7 Å². The van der Waals surface area contributed by atoms with Crippen molar-refractivity contribution < 1.29 is 22.4 Å². The van der Waals surface area contributed by atoms with Gasteiger partial charge in [-0.15, -0.1) is 0 Å². The van der Waals surface area contributed by atoms with Crippen molar-refractivity contribution in [2.45, 2.75) is 26.7 Å². The fraction of sp³-hybridized carbons (Fsp3) is 0.571. The summed E-state index contributed by atoms with van der Waals surface area (Å²) in [6.45, 7) is 15.8. The molecule has 58 valence electrons. The molecule has 0 radical (unpaired) electrons. The normalized spacial score (nSPS) is 4.22. The summed E-state index contributed by atoms with van der Waals surface area (Å²) in [7, 11) is 0. The standard InChI is InChI=1S/2C3H7.CN.Au/c2*1-3-2;1-2;/h2*1,3H2,2H3;;/q3*-1;+3. The van der Waals surface area contributed by atoms with Crippen molar-refractivity contribution in [1.29, 1.82) is 5.26 Å². The van der Waals surface area contributed by atoms with E-state index in [1.807, 2.05) is 13.8 Å². The Morgan fingerprint density at radius 1 is 1.11 bits per heavy atom. The Hall–Kier alpha value is 0.230. The second-order valence-corrected chi connectivity index (χ2v) is 1.000. The summed E-state index contributed by atoms with van der Waals surface area (Å²) in [5, 5.41) is 6.25. The van der Waals surface area contributed by atoms with E-state index in [1.165, 1.54) is 0 Å². The van der Waals surface area contributed by atoms with Gasteiger partial charge in [-0.3, -0.25) is 0 Å². The fourth-order valence-corrected chi connectivity index (χ4v) is 0. The minimum Gasteiger partial charge on any atom is -0.512 e. The number of nitrogens with zero attached hydrogens (tertiary/aromatic N) is 1. The number of hydrogen-bond acceptors (Lipinski definition) is 1. The summed E-state index contributed by atoms with van der Waals surface area (Å²) in [5.41, 5.74) is 0. The van der Waals surface area contributed by atoms with E-state index < -0.39 is 0 Å². The molecule has 1 nitrogen and oxygen atoms in total. The smallest absolute Gasteiger partial charge is 0.512 e. The average molecular weight is 309 g/mol. The van der Waals surface area contributed by atoms with Crippen LogP contribution < -0.4 is 0 Å². The molecule has 0 fully saturated rings. The summed E-state index contributed by atoms with van der Waals surface area (Å²) in [6.07, 6.45) is 2.00. The first-order valence-electron chi connectivity index (χ1n) is 2.64. The summed E-state index contributed by atoms with van der Waals surface area (Å²) in [5.74, 6) is 0. The predicted molar refractivity (Wildman–Crippen MR) is 36.3 cm³/mol. The van der Waals surface area contributed by atoms with Crippen molar-refractivity contribution in [3.05, 3.63) is 20.4 Å². The molecule has 0 unspecified atom stereocenters. The van der Waals surface area contributed by atoms with E-state index >= 15 is 0 Å². The van der Waals surface area contributed by atoms with Crippen LogP contribution in [0.4, 0.5) is 0 Å². The molecule has 0 aliphatic heterocycles. The van der Waals surface area contributed by atoms with Crippen LogP contribution in [0.2, 0.25) is 0 Å². The van der Waals surface area contributed by atoms with Crippen LogP contribution >= 0.6 is 0 Å². The molecule has 0 aliphatic carbocycles. The van der Waals surface area contributed by atoms with E-state index in [2.05, 4.69) is 13.8 Å². The van der Waals surface area contributed by atoms with Crippen LogP contribution in [0, 0.1) is 25.7 Å².